The lowest BCUT2D eigenvalue weighted by Gasteiger charge is -2.58. The Bertz CT molecular complexity index is 1490. The van der Waals surface area contributed by atoms with Crippen LogP contribution in [0.2, 0.25) is 0 Å². The molecule has 2 aromatic rings. The highest BCUT2D eigenvalue weighted by molar-refractivity contribution is 7.89. The van der Waals surface area contributed by atoms with Crippen LogP contribution in [-0.4, -0.2) is 40.3 Å². The number of anilines is 1. The molecule has 0 amide bonds. The number of rotatable bonds is 10. The highest BCUT2D eigenvalue weighted by atomic mass is 32.2. The average molecular weight is 622 g/mol. The van der Waals surface area contributed by atoms with Gasteiger partial charge in [-0.2, -0.15) is 0 Å². The minimum absolute atomic E-state index is 0.132. The minimum Gasteiger partial charge on any atom is -0.393 e. The van der Waals surface area contributed by atoms with E-state index in [2.05, 4.69) is 37.1 Å². The van der Waals surface area contributed by atoms with Crippen molar-refractivity contribution in [2.45, 2.75) is 102 Å². The van der Waals surface area contributed by atoms with Gasteiger partial charge >= 0.3 is 0 Å². The number of aliphatic hydroxyl groups is 1. The van der Waals surface area contributed by atoms with Gasteiger partial charge in [0.2, 0.25) is 0 Å². The summed E-state index contributed by atoms with van der Waals surface area (Å²) in [5, 5.41) is 12.0. The largest absolute Gasteiger partial charge is 0.393 e. The number of benzene rings is 2. The second-order valence-electron chi connectivity index (χ2n) is 15.4. The van der Waals surface area contributed by atoms with Crippen LogP contribution < -0.4 is 15.2 Å². The number of aliphatic hydroxyl groups excluding tert-OH is 1. The van der Waals surface area contributed by atoms with Crippen LogP contribution in [0.3, 0.4) is 0 Å². The normalized spacial score (nSPS) is 34.1. The zero-order chi connectivity index (χ0) is 31.3. The van der Waals surface area contributed by atoms with Gasteiger partial charge in [-0.15, -0.1) is 4.83 Å². The number of allylic oxidation sites excluding steroid dienone is 1. The summed E-state index contributed by atoms with van der Waals surface area (Å²) in [4.78, 5) is 4.96. The highest BCUT2D eigenvalue weighted by Crippen LogP contribution is 2.67. The van der Waals surface area contributed by atoms with E-state index in [1.807, 2.05) is 49.3 Å². The molecule has 7 heteroatoms. The van der Waals surface area contributed by atoms with Gasteiger partial charge in [-0.25, -0.2) is 13.8 Å². The molecule has 44 heavy (non-hydrogen) atoms. The molecular weight excluding hydrogens is 566 g/mol. The summed E-state index contributed by atoms with van der Waals surface area (Å²) in [6.07, 6.45) is 15.4. The van der Waals surface area contributed by atoms with E-state index >= 15 is 0 Å². The Morgan fingerprint density at radius 1 is 0.977 bits per heavy atom. The van der Waals surface area contributed by atoms with Crippen LogP contribution in [0.15, 0.2) is 52.9 Å². The summed E-state index contributed by atoms with van der Waals surface area (Å²) < 4.78 is 26.4. The van der Waals surface area contributed by atoms with Gasteiger partial charge in [0, 0.05) is 37.1 Å². The van der Waals surface area contributed by atoms with E-state index in [4.69, 9.17) is 0 Å². The van der Waals surface area contributed by atoms with Crippen molar-refractivity contribution < 1.29 is 13.5 Å². The predicted molar refractivity (Wildman–Crippen MR) is 181 cm³/mol. The Labute approximate surface area is 266 Å². The molecule has 0 aromatic heterocycles. The van der Waals surface area contributed by atoms with Crippen molar-refractivity contribution in [2.75, 3.05) is 25.5 Å². The second-order valence-corrected chi connectivity index (χ2v) is 17.1. The summed E-state index contributed by atoms with van der Waals surface area (Å²) in [6.45, 7) is 8.25. The predicted octanol–water partition coefficient (Wildman–Crippen LogP) is 7.44. The van der Waals surface area contributed by atoms with E-state index in [-0.39, 0.29) is 6.10 Å². The van der Waals surface area contributed by atoms with E-state index in [1.54, 1.807) is 11.6 Å². The second kappa shape index (κ2) is 12.4. The molecule has 0 saturated heterocycles. The average Bonchev–Trinajstić information content (AvgIpc) is 3.35. The number of hydrogen-bond acceptors (Lipinski definition) is 5. The van der Waals surface area contributed by atoms with E-state index in [9.17, 15) is 13.5 Å². The van der Waals surface area contributed by atoms with E-state index < -0.39 is 10.0 Å². The molecule has 0 heterocycles. The quantitative estimate of drug-likeness (QED) is 0.146. The van der Waals surface area contributed by atoms with Gasteiger partial charge in [-0.1, -0.05) is 69.5 Å². The summed E-state index contributed by atoms with van der Waals surface area (Å²) in [7, 11) is 0.256. The minimum atomic E-state index is -3.69. The van der Waals surface area contributed by atoms with Crippen LogP contribution in [0, 0.1) is 40.4 Å². The lowest BCUT2D eigenvalue weighted by atomic mass is 9.47. The van der Waals surface area contributed by atoms with Crippen molar-refractivity contribution in [3.63, 3.8) is 0 Å². The van der Waals surface area contributed by atoms with E-state index in [0.29, 0.717) is 28.2 Å². The molecule has 8 atom stereocenters. The number of hydrogen-bond donors (Lipinski definition) is 3. The van der Waals surface area contributed by atoms with Crippen molar-refractivity contribution >= 4 is 26.5 Å². The molecule has 6 nitrogen and oxygen atoms in total. The smallest absolute Gasteiger partial charge is 0.253 e. The topological polar surface area (TPSA) is 81.7 Å². The maximum Gasteiger partial charge on any atom is 0.253 e. The van der Waals surface area contributed by atoms with Crippen molar-refractivity contribution in [1.82, 2.24) is 10.3 Å². The first-order valence-electron chi connectivity index (χ1n) is 17.3. The number of nitrogens with zero attached hydrogens (tertiary/aromatic N) is 1. The van der Waals surface area contributed by atoms with E-state index in [0.717, 1.165) is 72.2 Å². The molecule has 3 fully saturated rings. The van der Waals surface area contributed by atoms with Gasteiger partial charge in [-0.3, -0.25) is 0 Å². The van der Waals surface area contributed by atoms with Gasteiger partial charge in [0.25, 0.3) is 10.0 Å². The van der Waals surface area contributed by atoms with Gasteiger partial charge in [0.15, 0.2) is 0 Å². The standard InChI is InChI=1S/C37H55N3O3S/c1-25(10-6-7-23-38-39-44(42,43)35-14-9-11-28-29(35)12-8-13-34(28)40(4)5)31-17-18-32-30-16-15-26-24-27(41)19-21-36(26,2)33(30)20-22-37(31,32)3/h8-9,11-15,25,27,30-33,38-39,41H,6-7,10,16-24H2,1-5H3/t25-,27+,30?,31-,32?,33?,36?,37-/m1/s1. The number of hydrazine groups is 1. The van der Waals surface area contributed by atoms with Gasteiger partial charge in [0.05, 0.1) is 11.0 Å². The van der Waals surface area contributed by atoms with Crippen LogP contribution in [0.4, 0.5) is 5.69 Å². The van der Waals surface area contributed by atoms with Crippen molar-refractivity contribution in [3.05, 3.63) is 48.0 Å². The molecule has 0 aliphatic heterocycles. The SMILES string of the molecule is C[C@H](CCCCNNS(=O)(=O)c1cccc2c(N(C)C)cccc12)[C@H]1CCC2C3CC=C4C[C@@H](O)CCC4(C)C3CC[C@@]21C. The van der Waals surface area contributed by atoms with Gasteiger partial charge < -0.3 is 10.0 Å². The molecule has 3 saturated carbocycles. The Morgan fingerprint density at radius 2 is 1.75 bits per heavy atom. The fourth-order valence-electron chi connectivity index (χ4n) is 10.6. The van der Waals surface area contributed by atoms with Crippen LogP contribution in [0.25, 0.3) is 10.8 Å². The fourth-order valence-corrected chi connectivity index (χ4v) is 11.7. The third-order valence-electron chi connectivity index (χ3n) is 12.9. The molecule has 4 aliphatic rings. The molecular formula is C37H55N3O3S. The monoisotopic (exact) mass is 621 g/mol. The number of sulfonamides is 1. The number of unbranched alkanes of at least 4 members (excludes halogenated alkanes) is 1. The van der Waals surface area contributed by atoms with Crippen LogP contribution in [-0.2, 0) is 10.0 Å². The number of nitrogens with one attached hydrogen (secondary N) is 2. The summed E-state index contributed by atoms with van der Waals surface area (Å²) >= 11 is 0. The van der Waals surface area contributed by atoms with Gasteiger partial charge in [-0.05, 0) is 110 Å². The first-order valence-corrected chi connectivity index (χ1v) is 18.8. The first kappa shape index (κ1) is 32.0. The highest BCUT2D eigenvalue weighted by Gasteiger charge is 2.59. The Morgan fingerprint density at radius 3 is 2.55 bits per heavy atom. The fraction of sp³-hybridized carbons (Fsp3) is 0.676. The Kier molecular flexibility index (Phi) is 8.99. The van der Waals surface area contributed by atoms with E-state index in [1.165, 1.54) is 38.5 Å². The van der Waals surface area contributed by atoms with Crippen molar-refractivity contribution in [3.8, 4) is 0 Å². The molecule has 2 aromatic carbocycles. The Balaban J connectivity index is 1.00. The van der Waals surface area contributed by atoms with Crippen LogP contribution in [0.1, 0.15) is 91.4 Å². The molecule has 0 spiro atoms. The maximum atomic E-state index is 13.2. The lowest BCUT2D eigenvalue weighted by Crippen LogP contribution is -2.50. The zero-order valence-electron chi connectivity index (χ0n) is 27.6. The molecule has 6 rings (SSSR count). The van der Waals surface area contributed by atoms with Crippen molar-refractivity contribution in [2.24, 2.45) is 40.4 Å². The summed E-state index contributed by atoms with van der Waals surface area (Å²) in [5.41, 5.74) is 6.33. The molecule has 242 valence electrons. The number of fused-ring (bicyclic) bond motifs is 6. The van der Waals surface area contributed by atoms with Crippen LogP contribution >= 0.6 is 0 Å². The molecule has 4 unspecified atom stereocenters. The van der Waals surface area contributed by atoms with Crippen molar-refractivity contribution in [1.29, 1.82) is 0 Å². The third-order valence-corrected chi connectivity index (χ3v) is 14.2. The molecule has 0 bridgehead atoms. The zero-order valence-corrected chi connectivity index (χ0v) is 28.4. The molecule has 4 aliphatic carbocycles. The third kappa shape index (κ3) is 5.65. The first-order chi connectivity index (χ1) is 21.0. The van der Waals surface area contributed by atoms with Gasteiger partial charge in [0.1, 0.15) is 0 Å². The molecule has 3 N–H and O–H groups in total. The molecule has 0 radical (unpaired) electrons. The summed E-state index contributed by atoms with van der Waals surface area (Å²) in [5.74, 6) is 3.90. The Hall–Kier alpha value is -1.93. The maximum absolute atomic E-state index is 13.2. The van der Waals surface area contributed by atoms with Crippen LogP contribution in [0.5, 0.6) is 0 Å². The lowest BCUT2D eigenvalue weighted by molar-refractivity contribution is -0.0572. The summed E-state index contributed by atoms with van der Waals surface area (Å²) in [6, 6.07) is 11.3.